The van der Waals surface area contributed by atoms with E-state index in [1.54, 1.807) is 0 Å². The van der Waals surface area contributed by atoms with Crippen LogP contribution >= 0.6 is 0 Å². The fourth-order valence-corrected chi connectivity index (χ4v) is 2.04. The van der Waals surface area contributed by atoms with Crippen LogP contribution < -0.4 is 5.46 Å². The summed E-state index contributed by atoms with van der Waals surface area (Å²) in [6, 6.07) is 3.97. The van der Waals surface area contributed by atoms with E-state index in [0.717, 1.165) is 6.07 Å². The third kappa shape index (κ3) is 3.31. The predicted octanol–water partition coefficient (Wildman–Crippen LogP) is 2.78. The summed E-state index contributed by atoms with van der Waals surface area (Å²) in [5, 5.41) is 0. The van der Waals surface area contributed by atoms with Crippen LogP contribution in [-0.2, 0) is 15.5 Å². The molecule has 0 radical (unpaired) electrons. The molecule has 0 bridgehead atoms. The molecule has 0 spiro atoms. The Kier molecular flexibility index (Phi) is 3.66. The van der Waals surface area contributed by atoms with E-state index >= 15 is 0 Å². The van der Waals surface area contributed by atoms with Crippen LogP contribution in [0, 0.1) is 12.3 Å². The number of benzene rings is 1. The molecule has 0 N–H and O–H groups in total. The Morgan fingerprint density at radius 1 is 1.16 bits per heavy atom. The number of aryl methyl sites for hydroxylation is 1. The number of rotatable bonds is 1. The van der Waals surface area contributed by atoms with Crippen molar-refractivity contribution in [1.82, 2.24) is 0 Å². The van der Waals surface area contributed by atoms with Crippen molar-refractivity contribution in [2.45, 2.75) is 26.9 Å². The lowest BCUT2D eigenvalue weighted by Gasteiger charge is -2.33. The summed E-state index contributed by atoms with van der Waals surface area (Å²) in [6.45, 7) is 6.52. The summed E-state index contributed by atoms with van der Waals surface area (Å²) in [7, 11) is -0.575. The minimum Gasteiger partial charge on any atom is -0.407 e. The quantitative estimate of drug-likeness (QED) is 0.732. The number of alkyl halides is 3. The normalized spacial score (nSPS) is 19.6. The summed E-state index contributed by atoms with van der Waals surface area (Å²) < 4.78 is 49.1. The van der Waals surface area contributed by atoms with E-state index in [-0.39, 0.29) is 11.0 Å². The van der Waals surface area contributed by atoms with Gasteiger partial charge in [-0.25, -0.2) is 0 Å². The van der Waals surface area contributed by atoms with Crippen LogP contribution in [0.25, 0.3) is 0 Å². The Hall–Kier alpha value is -1.01. The van der Waals surface area contributed by atoms with Crippen LogP contribution in [-0.4, -0.2) is 20.3 Å². The molecule has 0 unspecified atom stereocenters. The molecule has 19 heavy (non-hydrogen) atoms. The Morgan fingerprint density at radius 3 is 2.21 bits per heavy atom. The molecule has 0 aromatic heterocycles. The Labute approximate surface area is 111 Å². The van der Waals surface area contributed by atoms with Crippen molar-refractivity contribution in [3.05, 3.63) is 29.3 Å². The van der Waals surface area contributed by atoms with Gasteiger partial charge in [-0.1, -0.05) is 32.0 Å². The van der Waals surface area contributed by atoms with E-state index in [0.29, 0.717) is 18.7 Å². The van der Waals surface area contributed by atoms with Gasteiger partial charge in [0.15, 0.2) is 0 Å². The highest BCUT2D eigenvalue weighted by Crippen LogP contribution is 2.31. The smallest absolute Gasteiger partial charge is 0.407 e. The van der Waals surface area contributed by atoms with E-state index in [1.165, 1.54) is 19.1 Å². The van der Waals surface area contributed by atoms with E-state index in [9.17, 15) is 13.2 Å². The Morgan fingerprint density at radius 2 is 1.74 bits per heavy atom. The maximum absolute atomic E-state index is 12.7. The number of hydrogen-bond donors (Lipinski definition) is 0. The minimum absolute atomic E-state index is 0.0581. The van der Waals surface area contributed by atoms with E-state index < -0.39 is 18.9 Å². The van der Waals surface area contributed by atoms with Crippen LogP contribution in [0.2, 0.25) is 0 Å². The zero-order chi connectivity index (χ0) is 14.3. The average Bonchev–Trinajstić information content (AvgIpc) is 2.27. The van der Waals surface area contributed by atoms with Crippen LogP contribution in [0.5, 0.6) is 0 Å². The molecule has 2 rings (SSSR count). The number of halogens is 3. The van der Waals surface area contributed by atoms with Gasteiger partial charge >= 0.3 is 13.3 Å². The molecular weight excluding hydrogens is 256 g/mol. The van der Waals surface area contributed by atoms with Gasteiger partial charge in [0.2, 0.25) is 0 Å². The van der Waals surface area contributed by atoms with Gasteiger partial charge in [0.05, 0.1) is 5.56 Å². The lowest BCUT2D eigenvalue weighted by atomic mass is 9.75. The van der Waals surface area contributed by atoms with Crippen molar-refractivity contribution >= 4 is 12.6 Å². The molecule has 1 fully saturated rings. The third-order valence-corrected chi connectivity index (χ3v) is 3.08. The standard InChI is InChI=1S/C13H16BF3O2/c1-9-6-10(4-5-11(9)13(15,16)17)14-18-7-12(2,3)8-19-14/h4-6H,7-8H2,1-3H3. The van der Waals surface area contributed by atoms with Crippen LogP contribution in [0.15, 0.2) is 18.2 Å². The Bertz CT molecular complexity index is 461. The first kappa shape index (κ1) is 14.4. The van der Waals surface area contributed by atoms with Crippen LogP contribution in [0.1, 0.15) is 25.0 Å². The molecule has 1 aliphatic rings. The molecular formula is C13H16BF3O2. The lowest BCUT2D eigenvalue weighted by Crippen LogP contribution is -2.47. The zero-order valence-corrected chi connectivity index (χ0v) is 11.2. The van der Waals surface area contributed by atoms with Gasteiger partial charge in [-0.3, -0.25) is 0 Å². The van der Waals surface area contributed by atoms with Crippen molar-refractivity contribution in [2.24, 2.45) is 5.41 Å². The lowest BCUT2D eigenvalue weighted by molar-refractivity contribution is -0.138. The first-order valence-corrected chi connectivity index (χ1v) is 6.10. The van der Waals surface area contributed by atoms with Crippen molar-refractivity contribution in [3.8, 4) is 0 Å². The molecule has 1 aromatic carbocycles. The zero-order valence-electron chi connectivity index (χ0n) is 11.2. The summed E-state index contributed by atoms with van der Waals surface area (Å²) in [5.74, 6) is 0. The molecule has 0 saturated carbocycles. The van der Waals surface area contributed by atoms with E-state index in [2.05, 4.69) is 0 Å². The summed E-state index contributed by atoms with van der Waals surface area (Å²) in [4.78, 5) is 0. The molecule has 104 valence electrons. The van der Waals surface area contributed by atoms with Crippen molar-refractivity contribution in [1.29, 1.82) is 0 Å². The largest absolute Gasteiger partial charge is 0.493 e. The third-order valence-electron chi connectivity index (χ3n) is 3.08. The molecule has 0 amide bonds. The second-order valence-corrected chi connectivity index (χ2v) is 5.69. The van der Waals surface area contributed by atoms with Crippen molar-refractivity contribution in [3.63, 3.8) is 0 Å². The maximum Gasteiger partial charge on any atom is 0.493 e. The highest BCUT2D eigenvalue weighted by Gasteiger charge is 2.36. The number of hydrogen-bond acceptors (Lipinski definition) is 2. The monoisotopic (exact) mass is 272 g/mol. The molecule has 0 atom stereocenters. The van der Waals surface area contributed by atoms with Gasteiger partial charge in [-0.05, 0) is 17.9 Å². The summed E-state index contributed by atoms with van der Waals surface area (Å²) >= 11 is 0. The molecule has 1 saturated heterocycles. The van der Waals surface area contributed by atoms with Gasteiger partial charge in [0.1, 0.15) is 0 Å². The topological polar surface area (TPSA) is 18.5 Å². The fourth-order valence-electron chi connectivity index (χ4n) is 2.04. The predicted molar refractivity (Wildman–Crippen MR) is 67.3 cm³/mol. The molecule has 0 aliphatic carbocycles. The highest BCUT2D eigenvalue weighted by atomic mass is 19.4. The summed E-state index contributed by atoms with van der Waals surface area (Å²) in [5.41, 5.74) is 0.132. The van der Waals surface area contributed by atoms with Crippen LogP contribution in [0.4, 0.5) is 13.2 Å². The minimum atomic E-state index is -4.32. The van der Waals surface area contributed by atoms with Gasteiger partial charge < -0.3 is 9.31 Å². The van der Waals surface area contributed by atoms with Gasteiger partial charge in [0, 0.05) is 18.6 Å². The molecule has 1 aliphatic heterocycles. The van der Waals surface area contributed by atoms with E-state index in [4.69, 9.17) is 9.31 Å². The molecule has 1 aromatic rings. The fraction of sp³-hybridized carbons (Fsp3) is 0.538. The van der Waals surface area contributed by atoms with Crippen molar-refractivity contribution in [2.75, 3.05) is 13.2 Å². The maximum atomic E-state index is 12.7. The molecule has 1 heterocycles. The summed E-state index contributed by atoms with van der Waals surface area (Å²) in [6.07, 6.45) is -4.32. The first-order valence-electron chi connectivity index (χ1n) is 6.10. The second-order valence-electron chi connectivity index (χ2n) is 5.69. The average molecular weight is 272 g/mol. The molecule has 2 nitrogen and oxygen atoms in total. The van der Waals surface area contributed by atoms with Gasteiger partial charge in [0.25, 0.3) is 0 Å². The Balaban J connectivity index is 2.17. The van der Waals surface area contributed by atoms with E-state index in [1.807, 2.05) is 13.8 Å². The molecule has 6 heteroatoms. The first-order chi connectivity index (χ1) is 8.69. The van der Waals surface area contributed by atoms with Crippen molar-refractivity contribution < 1.29 is 22.5 Å². The second kappa shape index (κ2) is 4.83. The highest BCUT2D eigenvalue weighted by molar-refractivity contribution is 6.61. The van der Waals surface area contributed by atoms with Gasteiger partial charge in [-0.2, -0.15) is 13.2 Å². The van der Waals surface area contributed by atoms with Crippen LogP contribution in [0.3, 0.4) is 0 Å². The SMILES string of the molecule is Cc1cc(B2OCC(C)(C)CO2)ccc1C(F)(F)F. The van der Waals surface area contributed by atoms with Gasteiger partial charge in [-0.15, -0.1) is 0 Å².